The molecule has 1 heterocycles. The quantitative estimate of drug-likeness (QED) is 0.386. The molecule has 2 amide bonds. The first-order valence-corrected chi connectivity index (χ1v) is 8.13. The van der Waals surface area contributed by atoms with Gasteiger partial charge in [-0.05, 0) is 58.1 Å². The first kappa shape index (κ1) is 17.4. The van der Waals surface area contributed by atoms with Crippen LogP contribution < -0.4 is 9.84 Å². The SMILES string of the molecule is C#CCN1C(=O)S/C(=C/c2ccc(OCC(=O)[O-])c(I)c2)C1=O. The van der Waals surface area contributed by atoms with E-state index >= 15 is 0 Å². The number of imide groups is 1. The van der Waals surface area contributed by atoms with E-state index < -0.39 is 23.7 Å². The summed E-state index contributed by atoms with van der Waals surface area (Å²) in [5, 5.41) is 9.99. The molecule has 1 aliphatic rings. The zero-order valence-corrected chi connectivity index (χ0v) is 14.5. The summed E-state index contributed by atoms with van der Waals surface area (Å²) in [6.45, 7) is -0.601. The number of ether oxygens (including phenoxy) is 1. The zero-order chi connectivity index (χ0) is 17.0. The summed E-state index contributed by atoms with van der Waals surface area (Å²) in [7, 11) is 0. The molecule has 1 aromatic carbocycles. The van der Waals surface area contributed by atoms with Gasteiger partial charge >= 0.3 is 0 Å². The highest BCUT2D eigenvalue weighted by molar-refractivity contribution is 14.1. The van der Waals surface area contributed by atoms with Crippen molar-refractivity contribution >= 4 is 57.5 Å². The lowest BCUT2D eigenvalue weighted by Gasteiger charge is -2.09. The number of carboxylic acids is 1. The molecular formula is C15H9INO5S-. The average molecular weight is 442 g/mol. The Morgan fingerprint density at radius 1 is 1.48 bits per heavy atom. The third kappa shape index (κ3) is 4.27. The van der Waals surface area contributed by atoms with Gasteiger partial charge < -0.3 is 14.6 Å². The van der Waals surface area contributed by atoms with E-state index in [-0.39, 0.29) is 11.4 Å². The van der Waals surface area contributed by atoms with Crippen molar-refractivity contribution in [3.05, 3.63) is 32.2 Å². The molecule has 2 rings (SSSR count). The molecule has 8 heteroatoms. The fourth-order valence-electron chi connectivity index (χ4n) is 1.74. The van der Waals surface area contributed by atoms with E-state index in [0.29, 0.717) is 14.9 Å². The molecule has 1 saturated heterocycles. The number of amides is 2. The fraction of sp³-hybridized carbons (Fsp3) is 0.133. The monoisotopic (exact) mass is 442 g/mol. The van der Waals surface area contributed by atoms with Crippen LogP contribution in [0.1, 0.15) is 5.56 Å². The van der Waals surface area contributed by atoms with Crippen LogP contribution in [0.3, 0.4) is 0 Å². The molecule has 0 aromatic heterocycles. The van der Waals surface area contributed by atoms with E-state index in [0.717, 1.165) is 16.7 Å². The number of terminal acetylenes is 1. The number of hydrogen-bond acceptors (Lipinski definition) is 6. The number of benzene rings is 1. The highest BCUT2D eigenvalue weighted by Gasteiger charge is 2.34. The molecule has 0 unspecified atom stereocenters. The summed E-state index contributed by atoms with van der Waals surface area (Å²) >= 11 is 2.81. The van der Waals surface area contributed by atoms with Gasteiger partial charge in [0.25, 0.3) is 11.1 Å². The lowest BCUT2D eigenvalue weighted by Crippen LogP contribution is -2.29. The van der Waals surface area contributed by atoms with Gasteiger partial charge in [-0.3, -0.25) is 14.5 Å². The van der Waals surface area contributed by atoms with Gasteiger partial charge in [0.1, 0.15) is 12.4 Å². The van der Waals surface area contributed by atoms with Crippen molar-refractivity contribution in [1.29, 1.82) is 0 Å². The molecule has 1 fully saturated rings. The number of thioether (sulfide) groups is 1. The van der Waals surface area contributed by atoms with E-state index in [2.05, 4.69) is 5.92 Å². The number of nitrogens with zero attached hydrogens (tertiary/aromatic N) is 1. The summed E-state index contributed by atoms with van der Waals surface area (Å²) in [5.74, 6) is 0.925. The number of rotatable bonds is 5. The number of carbonyl (C=O) groups is 3. The maximum atomic E-state index is 12.1. The van der Waals surface area contributed by atoms with E-state index in [9.17, 15) is 19.5 Å². The molecule has 0 radical (unpaired) electrons. The highest BCUT2D eigenvalue weighted by atomic mass is 127. The molecule has 0 aliphatic carbocycles. The Hall–Kier alpha value is -1.99. The summed E-state index contributed by atoms with van der Waals surface area (Å²) in [5.41, 5.74) is 0.682. The Bertz CT molecular complexity index is 753. The summed E-state index contributed by atoms with van der Waals surface area (Å²) in [6.07, 6.45) is 6.71. The fourth-order valence-corrected chi connectivity index (χ4v) is 3.27. The van der Waals surface area contributed by atoms with Gasteiger partial charge in [0.2, 0.25) is 0 Å². The van der Waals surface area contributed by atoms with Crippen LogP contribution in [0.25, 0.3) is 6.08 Å². The maximum absolute atomic E-state index is 12.1. The van der Waals surface area contributed by atoms with Crippen LogP contribution in [-0.2, 0) is 9.59 Å². The number of aliphatic carboxylic acids is 1. The van der Waals surface area contributed by atoms with Crippen LogP contribution in [0.4, 0.5) is 4.79 Å². The minimum absolute atomic E-state index is 0.0600. The molecule has 118 valence electrons. The first-order chi connectivity index (χ1) is 10.9. The number of halogens is 1. The van der Waals surface area contributed by atoms with Crippen LogP contribution in [0.2, 0.25) is 0 Å². The van der Waals surface area contributed by atoms with Crippen LogP contribution in [0.15, 0.2) is 23.1 Å². The van der Waals surface area contributed by atoms with Crippen LogP contribution in [0.5, 0.6) is 5.75 Å². The van der Waals surface area contributed by atoms with Crippen LogP contribution in [-0.4, -0.2) is 35.2 Å². The molecule has 0 bridgehead atoms. The van der Waals surface area contributed by atoms with Crippen molar-refractivity contribution in [1.82, 2.24) is 4.90 Å². The minimum atomic E-state index is -1.31. The molecular weight excluding hydrogens is 433 g/mol. The van der Waals surface area contributed by atoms with Gasteiger partial charge in [-0.15, -0.1) is 6.42 Å². The van der Waals surface area contributed by atoms with Gasteiger partial charge in [0, 0.05) is 0 Å². The van der Waals surface area contributed by atoms with Crippen LogP contribution >= 0.6 is 34.4 Å². The van der Waals surface area contributed by atoms with E-state index in [1.165, 1.54) is 0 Å². The second-order valence-electron chi connectivity index (χ2n) is 4.32. The van der Waals surface area contributed by atoms with Crippen molar-refractivity contribution in [2.45, 2.75) is 0 Å². The average Bonchev–Trinajstić information content (AvgIpc) is 2.74. The Morgan fingerprint density at radius 3 is 2.83 bits per heavy atom. The van der Waals surface area contributed by atoms with Crippen molar-refractivity contribution in [3.63, 3.8) is 0 Å². The van der Waals surface area contributed by atoms with Crippen molar-refractivity contribution in [2.75, 3.05) is 13.2 Å². The lowest BCUT2D eigenvalue weighted by molar-refractivity contribution is -0.307. The maximum Gasteiger partial charge on any atom is 0.294 e. The minimum Gasteiger partial charge on any atom is -0.546 e. The van der Waals surface area contributed by atoms with Crippen molar-refractivity contribution in [3.8, 4) is 18.1 Å². The first-order valence-electron chi connectivity index (χ1n) is 6.23. The molecule has 0 spiro atoms. The topological polar surface area (TPSA) is 86.7 Å². The Kier molecular flexibility index (Phi) is 5.68. The predicted molar refractivity (Wildman–Crippen MR) is 91.2 cm³/mol. The molecule has 1 aromatic rings. The van der Waals surface area contributed by atoms with Crippen molar-refractivity contribution < 1.29 is 24.2 Å². The standard InChI is InChI=1S/C15H10INO5S/c1-2-5-17-14(20)12(23-15(17)21)7-9-3-4-11(10(16)6-9)22-8-13(18)19/h1,3-4,6-7H,5,8H2,(H,18,19)/p-1/b12-7+. The lowest BCUT2D eigenvalue weighted by atomic mass is 10.2. The Morgan fingerprint density at radius 2 is 2.22 bits per heavy atom. The third-order valence-corrected chi connectivity index (χ3v) is 4.47. The molecule has 23 heavy (non-hydrogen) atoms. The van der Waals surface area contributed by atoms with E-state index in [1.807, 2.05) is 22.6 Å². The van der Waals surface area contributed by atoms with Gasteiger partial charge in [-0.1, -0.05) is 12.0 Å². The Labute approximate surface area is 150 Å². The molecule has 1 aliphatic heterocycles. The van der Waals surface area contributed by atoms with Gasteiger partial charge in [0.05, 0.1) is 21.0 Å². The summed E-state index contributed by atoms with van der Waals surface area (Å²) in [6, 6.07) is 4.95. The Balaban J connectivity index is 2.19. The smallest absolute Gasteiger partial charge is 0.294 e. The van der Waals surface area contributed by atoms with E-state index in [1.54, 1.807) is 24.3 Å². The molecule has 0 N–H and O–H groups in total. The predicted octanol–water partition coefficient (Wildman–Crippen LogP) is 1.09. The summed E-state index contributed by atoms with van der Waals surface area (Å²) < 4.78 is 5.73. The number of carboxylic acid groups (broad SMARTS) is 1. The zero-order valence-electron chi connectivity index (χ0n) is 11.6. The second-order valence-corrected chi connectivity index (χ2v) is 6.48. The van der Waals surface area contributed by atoms with Crippen molar-refractivity contribution in [2.24, 2.45) is 0 Å². The van der Waals surface area contributed by atoms with Gasteiger partial charge in [0.15, 0.2) is 0 Å². The third-order valence-electron chi connectivity index (χ3n) is 2.72. The number of hydrogen-bond donors (Lipinski definition) is 0. The second kappa shape index (κ2) is 7.52. The van der Waals surface area contributed by atoms with Gasteiger partial charge in [-0.2, -0.15) is 0 Å². The number of carbonyl (C=O) groups excluding carboxylic acids is 3. The summed E-state index contributed by atoms with van der Waals surface area (Å²) in [4.78, 5) is 35.4. The largest absolute Gasteiger partial charge is 0.546 e. The van der Waals surface area contributed by atoms with Crippen LogP contribution in [0, 0.1) is 15.9 Å². The molecule has 0 atom stereocenters. The normalized spacial score (nSPS) is 15.8. The highest BCUT2D eigenvalue weighted by Crippen LogP contribution is 2.32. The molecule has 0 saturated carbocycles. The van der Waals surface area contributed by atoms with E-state index in [4.69, 9.17) is 11.2 Å². The van der Waals surface area contributed by atoms with Gasteiger partial charge in [-0.25, -0.2) is 0 Å². The molecule has 6 nitrogen and oxygen atoms in total.